The van der Waals surface area contributed by atoms with Crippen LogP contribution in [0.2, 0.25) is 0 Å². The van der Waals surface area contributed by atoms with Crippen LogP contribution in [0, 0.1) is 5.82 Å². The molecule has 0 unspecified atom stereocenters. The van der Waals surface area contributed by atoms with Crippen LogP contribution >= 0.6 is 0 Å². The van der Waals surface area contributed by atoms with E-state index in [1.165, 1.54) is 6.07 Å². The molecule has 0 saturated carbocycles. The Hall–Kier alpha value is -3.00. The zero-order valence-electron chi connectivity index (χ0n) is 18.9. The summed E-state index contributed by atoms with van der Waals surface area (Å²) in [5.41, 5.74) is 4.34. The van der Waals surface area contributed by atoms with E-state index in [4.69, 9.17) is 9.97 Å². The van der Waals surface area contributed by atoms with Crippen molar-refractivity contribution in [3.8, 4) is 0 Å². The van der Waals surface area contributed by atoms with Crippen molar-refractivity contribution in [2.75, 3.05) is 25.5 Å². The van der Waals surface area contributed by atoms with Gasteiger partial charge in [-0.05, 0) is 36.6 Å². The minimum absolute atomic E-state index is 0.0338. The molecule has 0 radical (unpaired) electrons. The summed E-state index contributed by atoms with van der Waals surface area (Å²) in [5, 5.41) is 4.22. The van der Waals surface area contributed by atoms with Gasteiger partial charge in [0.05, 0.1) is 11.7 Å². The fourth-order valence-corrected chi connectivity index (χ4v) is 5.20. The highest BCUT2D eigenvalue weighted by Gasteiger charge is 2.32. The lowest BCUT2D eigenvalue weighted by Crippen LogP contribution is -2.33. The first-order chi connectivity index (χ1) is 15.4. The van der Waals surface area contributed by atoms with Gasteiger partial charge in [-0.15, -0.1) is 0 Å². The summed E-state index contributed by atoms with van der Waals surface area (Å²) in [7, 11) is 3.88. The van der Waals surface area contributed by atoms with E-state index >= 15 is 0 Å². The first-order valence-electron chi connectivity index (χ1n) is 11.2. The highest BCUT2D eigenvalue weighted by Crippen LogP contribution is 2.33. The van der Waals surface area contributed by atoms with Crippen LogP contribution in [0.15, 0.2) is 24.4 Å². The minimum Gasteiger partial charge on any atom is -0.373 e. The number of carbonyl (C=O) groups is 1. The van der Waals surface area contributed by atoms with Gasteiger partial charge in [-0.1, -0.05) is 0 Å². The van der Waals surface area contributed by atoms with Gasteiger partial charge in [0.2, 0.25) is 5.91 Å². The minimum atomic E-state index is -0.209. The molecule has 8 heteroatoms. The molecule has 4 heterocycles. The Kier molecular flexibility index (Phi) is 5.33. The van der Waals surface area contributed by atoms with Crippen LogP contribution in [0.25, 0.3) is 10.9 Å². The lowest BCUT2D eigenvalue weighted by atomic mass is 10.0. The number of aryl methyl sites for hydroxylation is 1. The lowest BCUT2D eigenvalue weighted by molar-refractivity contribution is -0.129. The van der Waals surface area contributed by atoms with Gasteiger partial charge in [-0.3, -0.25) is 9.69 Å². The van der Waals surface area contributed by atoms with Crippen molar-refractivity contribution in [3.05, 3.63) is 52.9 Å². The van der Waals surface area contributed by atoms with Gasteiger partial charge in [0.1, 0.15) is 11.6 Å². The third-order valence-corrected chi connectivity index (χ3v) is 6.78. The van der Waals surface area contributed by atoms with Gasteiger partial charge >= 0.3 is 0 Å². The maximum absolute atomic E-state index is 13.9. The summed E-state index contributed by atoms with van der Waals surface area (Å²) in [6, 6.07) is 4.93. The number of fused-ring (bicyclic) bond motifs is 2. The van der Waals surface area contributed by atoms with Gasteiger partial charge in [-0.25, -0.2) is 14.4 Å². The van der Waals surface area contributed by atoms with Crippen LogP contribution in [0.3, 0.4) is 0 Å². The van der Waals surface area contributed by atoms with Gasteiger partial charge in [0, 0.05) is 76.3 Å². The maximum atomic E-state index is 13.9. The molecule has 0 bridgehead atoms. The normalized spacial score (nSPS) is 18.9. The lowest BCUT2D eigenvalue weighted by Gasteiger charge is -2.30. The molecule has 7 nitrogen and oxygen atoms in total. The zero-order valence-corrected chi connectivity index (χ0v) is 18.9. The summed E-state index contributed by atoms with van der Waals surface area (Å²) in [6.45, 7) is 4.74. The molecular formula is C24H29FN6O. The number of anilines is 1. The molecule has 1 fully saturated rings. The molecule has 168 valence electrons. The van der Waals surface area contributed by atoms with Crippen molar-refractivity contribution in [2.24, 2.45) is 7.05 Å². The molecule has 1 saturated heterocycles. The molecule has 1 amide bonds. The van der Waals surface area contributed by atoms with Crippen LogP contribution in [0.1, 0.15) is 48.5 Å². The number of carbonyl (C=O) groups excluding carboxylic acids is 1. The van der Waals surface area contributed by atoms with Gasteiger partial charge < -0.3 is 14.8 Å². The smallest absolute Gasteiger partial charge is 0.220 e. The highest BCUT2D eigenvalue weighted by molar-refractivity contribution is 5.84. The van der Waals surface area contributed by atoms with Crippen LogP contribution < -0.4 is 5.32 Å². The molecule has 32 heavy (non-hydrogen) atoms. The number of likely N-dealkylation sites (tertiary alicyclic amines) is 1. The highest BCUT2D eigenvalue weighted by atomic mass is 19.1. The Morgan fingerprint density at radius 1 is 1.28 bits per heavy atom. The van der Waals surface area contributed by atoms with Crippen LogP contribution in [-0.2, 0) is 31.4 Å². The van der Waals surface area contributed by atoms with Crippen molar-refractivity contribution in [1.29, 1.82) is 0 Å². The standard InChI is InChI=1S/C24H29FN6O/c1-15(32)31-9-4-5-22(31)24-27-20-8-10-30(14-19(20)23(26-2)28-24)13-16-12-29(3)21-7-6-17(25)11-18(16)21/h6-7,11-12,22H,4-5,8-10,13-14H2,1-3H3,(H,26,27,28)/t22-/m0/s1. The first kappa shape index (κ1) is 20.9. The second kappa shape index (κ2) is 8.16. The quantitative estimate of drug-likeness (QED) is 0.679. The van der Waals surface area contributed by atoms with Crippen LogP contribution in [0.5, 0.6) is 0 Å². The molecule has 1 atom stereocenters. The molecule has 1 N–H and O–H groups in total. The predicted molar refractivity (Wildman–Crippen MR) is 122 cm³/mol. The molecule has 2 aliphatic heterocycles. The summed E-state index contributed by atoms with van der Waals surface area (Å²) >= 11 is 0. The average molecular weight is 437 g/mol. The van der Waals surface area contributed by atoms with E-state index in [2.05, 4.69) is 21.0 Å². The Labute approximate surface area is 187 Å². The predicted octanol–water partition coefficient (Wildman–Crippen LogP) is 3.39. The molecular weight excluding hydrogens is 407 g/mol. The zero-order chi connectivity index (χ0) is 22.4. The number of benzene rings is 1. The largest absolute Gasteiger partial charge is 0.373 e. The van der Waals surface area contributed by atoms with Crippen LogP contribution in [-0.4, -0.2) is 50.4 Å². The summed E-state index contributed by atoms with van der Waals surface area (Å²) in [4.78, 5) is 26.0. The Bertz CT molecular complexity index is 1170. The number of hydrogen-bond donors (Lipinski definition) is 1. The first-order valence-corrected chi connectivity index (χ1v) is 11.2. The SMILES string of the molecule is CNc1nc([C@@H]2CCCN2C(C)=O)nc2c1CN(Cc1cn(C)c3ccc(F)cc13)CC2. The number of hydrogen-bond acceptors (Lipinski definition) is 5. The van der Waals surface area contributed by atoms with Gasteiger partial charge in [0.25, 0.3) is 0 Å². The fourth-order valence-electron chi connectivity index (χ4n) is 5.20. The van der Waals surface area contributed by atoms with Gasteiger partial charge in [0.15, 0.2) is 5.82 Å². The Morgan fingerprint density at radius 2 is 2.12 bits per heavy atom. The molecule has 2 aromatic heterocycles. The van der Waals surface area contributed by atoms with Crippen molar-refractivity contribution in [2.45, 2.75) is 45.3 Å². The van der Waals surface area contributed by atoms with E-state index in [1.807, 2.05) is 25.1 Å². The number of aromatic nitrogens is 3. The van der Waals surface area contributed by atoms with Gasteiger partial charge in [-0.2, -0.15) is 0 Å². The number of halogens is 1. The Morgan fingerprint density at radius 3 is 2.91 bits per heavy atom. The second-order valence-electron chi connectivity index (χ2n) is 8.86. The Balaban J connectivity index is 1.42. The third-order valence-electron chi connectivity index (χ3n) is 6.78. The van der Waals surface area contributed by atoms with E-state index in [0.717, 1.165) is 84.8 Å². The fraction of sp³-hybridized carbons (Fsp3) is 0.458. The van der Waals surface area contributed by atoms with Crippen molar-refractivity contribution in [1.82, 2.24) is 24.3 Å². The van der Waals surface area contributed by atoms with Crippen molar-refractivity contribution in [3.63, 3.8) is 0 Å². The number of nitrogens with zero attached hydrogens (tertiary/aromatic N) is 5. The molecule has 5 rings (SSSR count). The molecule has 1 aromatic carbocycles. The van der Waals surface area contributed by atoms with E-state index in [1.54, 1.807) is 13.0 Å². The molecule has 3 aromatic rings. The van der Waals surface area contributed by atoms with Crippen molar-refractivity contribution >= 4 is 22.6 Å². The average Bonchev–Trinajstić information content (AvgIpc) is 3.38. The summed E-state index contributed by atoms with van der Waals surface area (Å²) in [6.07, 6.45) is 4.81. The molecule has 2 aliphatic rings. The maximum Gasteiger partial charge on any atom is 0.220 e. The van der Waals surface area contributed by atoms with E-state index in [-0.39, 0.29) is 17.8 Å². The van der Waals surface area contributed by atoms with E-state index in [9.17, 15) is 9.18 Å². The molecule has 0 spiro atoms. The number of rotatable bonds is 4. The number of amides is 1. The second-order valence-corrected chi connectivity index (χ2v) is 8.86. The monoisotopic (exact) mass is 436 g/mol. The van der Waals surface area contributed by atoms with Crippen LogP contribution in [0.4, 0.5) is 10.2 Å². The third kappa shape index (κ3) is 3.62. The topological polar surface area (TPSA) is 66.3 Å². The van der Waals surface area contributed by atoms with Crippen molar-refractivity contribution < 1.29 is 9.18 Å². The number of nitrogens with one attached hydrogen (secondary N) is 1. The molecule has 0 aliphatic carbocycles. The summed E-state index contributed by atoms with van der Waals surface area (Å²) in [5.74, 6) is 1.46. The van der Waals surface area contributed by atoms with E-state index < -0.39 is 0 Å². The van der Waals surface area contributed by atoms with E-state index in [0.29, 0.717) is 0 Å². The summed E-state index contributed by atoms with van der Waals surface area (Å²) < 4.78 is 15.9.